The molecule has 2 aromatic rings. The van der Waals surface area contributed by atoms with Crippen LogP contribution in [0.25, 0.3) is 0 Å². The number of pyridine rings is 1. The van der Waals surface area contributed by atoms with Gasteiger partial charge in [0.15, 0.2) is 0 Å². The first-order valence-electron chi connectivity index (χ1n) is 5.30. The predicted molar refractivity (Wildman–Crippen MR) is 69.7 cm³/mol. The number of benzene rings is 1. The van der Waals surface area contributed by atoms with E-state index in [1.807, 2.05) is 42.3 Å². The molecule has 88 valence electrons. The van der Waals surface area contributed by atoms with E-state index in [2.05, 4.69) is 4.98 Å². The zero-order valence-corrected chi connectivity index (χ0v) is 9.92. The van der Waals surface area contributed by atoms with E-state index in [0.29, 0.717) is 5.69 Å². The summed E-state index contributed by atoms with van der Waals surface area (Å²) in [6, 6.07) is 11.4. The number of anilines is 3. The Hall–Kier alpha value is -2.23. The molecule has 1 aromatic carbocycles. The van der Waals surface area contributed by atoms with Gasteiger partial charge in [-0.25, -0.2) is 4.98 Å². The number of nitrogen functional groups attached to an aromatic ring is 1. The number of aromatic nitrogens is 1. The van der Waals surface area contributed by atoms with Gasteiger partial charge in [-0.1, -0.05) is 0 Å². The van der Waals surface area contributed by atoms with E-state index in [4.69, 9.17) is 10.5 Å². The van der Waals surface area contributed by atoms with E-state index < -0.39 is 0 Å². The van der Waals surface area contributed by atoms with Crippen molar-refractivity contribution < 1.29 is 4.74 Å². The number of methoxy groups -OCH3 is 1. The highest BCUT2D eigenvalue weighted by Crippen LogP contribution is 2.24. The van der Waals surface area contributed by atoms with E-state index in [9.17, 15) is 0 Å². The highest BCUT2D eigenvalue weighted by molar-refractivity contribution is 5.62. The third-order valence-electron chi connectivity index (χ3n) is 2.57. The third-order valence-corrected chi connectivity index (χ3v) is 2.57. The Kier molecular flexibility index (Phi) is 3.14. The lowest BCUT2D eigenvalue weighted by Gasteiger charge is -2.18. The highest BCUT2D eigenvalue weighted by Gasteiger charge is 2.05. The van der Waals surface area contributed by atoms with Gasteiger partial charge < -0.3 is 15.4 Å². The van der Waals surface area contributed by atoms with Crippen LogP contribution in [0.3, 0.4) is 0 Å². The first-order valence-corrected chi connectivity index (χ1v) is 5.30. The van der Waals surface area contributed by atoms with Crippen LogP contribution < -0.4 is 15.4 Å². The SMILES string of the molecule is COc1ccc(N(C)c2cc(N)ccn2)cc1. The fraction of sp³-hybridized carbons (Fsp3) is 0.154. The summed E-state index contributed by atoms with van der Waals surface area (Å²) in [7, 11) is 3.60. The maximum absolute atomic E-state index is 5.73. The van der Waals surface area contributed by atoms with E-state index in [1.54, 1.807) is 19.4 Å². The van der Waals surface area contributed by atoms with Crippen LogP contribution in [-0.2, 0) is 0 Å². The highest BCUT2D eigenvalue weighted by atomic mass is 16.5. The molecule has 1 aromatic heterocycles. The Morgan fingerprint density at radius 2 is 1.88 bits per heavy atom. The van der Waals surface area contributed by atoms with Crippen LogP contribution in [0.5, 0.6) is 5.75 Å². The minimum absolute atomic E-state index is 0.704. The molecular formula is C13H15N3O. The molecule has 0 bridgehead atoms. The minimum atomic E-state index is 0.704. The van der Waals surface area contributed by atoms with Crippen molar-refractivity contribution in [2.45, 2.75) is 0 Å². The molecule has 0 atom stereocenters. The first-order chi connectivity index (χ1) is 8.20. The molecule has 0 unspecified atom stereocenters. The maximum atomic E-state index is 5.73. The molecule has 0 spiro atoms. The molecule has 0 saturated heterocycles. The Bertz CT molecular complexity index is 496. The summed E-state index contributed by atoms with van der Waals surface area (Å²) in [6.45, 7) is 0. The van der Waals surface area contributed by atoms with E-state index >= 15 is 0 Å². The molecule has 0 radical (unpaired) electrons. The molecule has 4 nitrogen and oxygen atoms in total. The average Bonchev–Trinajstić information content (AvgIpc) is 2.38. The normalized spacial score (nSPS) is 10.0. The first kappa shape index (κ1) is 11.3. The molecule has 0 saturated carbocycles. The van der Waals surface area contributed by atoms with Crippen LogP contribution in [0.2, 0.25) is 0 Å². The summed E-state index contributed by atoms with van der Waals surface area (Å²) in [5, 5.41) is 0. The van der Waals surface area contributed by atoms with Crippen LogP contribution >= 0.6 is 0 Å². The zero-order chi connectivity index (χ0) is 12.3. The van der Waals surface area contributed by atoms with Gasteiger partial charge in [0.1, 0.15) is 11.6 Å². The van der Waals surface area contributed by atoms with Crippen molar-refractivity contribution in [1.29, 1.82) is 0 Å². The Labute approximate surface area is 101 Å². The smallest absolute Gasteiger partial charge is 0.134 e. The lowest BCUT2D eigenvalue weighted by Crippen LogP contribution is -2.11. The molecule has 17 heavy (non-hydrogen) atoms. The van der Waals surface area contributed by atoms with E-state index in [0.717, 1.165) is 17.3 Å². The van der Waals surface area contributed by atoms with E-state index in [1.165, 1.54) is 0 Å². The Morgan fingerprint density at radius 3 is 2.47 bits per heavy atom. The van der Waals surface area contributed by atoms with Crippen molar-refractivity contribution in [3.8, 4) is 5.75 Å². The summed E-state index contributed by atoms with van der Waals surface area (Å²) in [5.41, 5.74) is 7.47. The van der Waals surface area contributed by atoms with E-state index in [-0.39, 0.29) is 0 Å². The van der Waals surface area contributed by atoms with Crippen molar-refractivity contribution in [1.82, 2.24) is 4.98 Å². The average molecular weight is 229 g/mol. The van der Waals surface area contributed by atoms with Crippen LogP contribution in [0.4, 0.5) is 17.2 Å². The third kappa shape index (κ3) is 2.47. The molecule has 1 heterocycles. The summed E-state index contributed by atoms with van der Waals surface area (Å²) in [5.74, 6) is 1.65. The summed E-state index contributed by atoms with van der Waals surface area (Å²) in [4.78, 5) is 6.24. The van der Waals surface area contributed by atoms with Crippen LogP contribution in [0.1, 0.15) is 0 Å². The fourth-order valence-corrected chi connectivity index (χ4v) is 1.56. The quantitative estimate of drug-likeness (QED) is 0.878. The fourth-order valence-electron chi connectivity index (χ4n) is 1.56. The zero-order valence-electron chi connectivity index (χ0n) is 9.92. The molecule has 2 rings (SSSR count). The van der Waals surface area contributed by atoms with Gasteiger partial charge in [0, 0.05) is 30.7 Å². The second-order valence-electron chi connectivity index (χ2n) is 3.70. The van der Waals surface area contributed by atoms with Gasteiger partial charge in [-0.3, -0.25) is 0 Å². The maximum Gasteiger partial charge on any atom is 0.134 e. The number of hydrogen-bond acceptors (Lipinski definition) is 4. The standard InChI is InChI=1S/C13H15N3O/c1-16(13-9-10(14)7-8-15-13)11-3-5-12(17-2)6-4-11/h3-9H,1-2H3,(H2,14,15). The van der Waals surface area contributed by atoms with Crippen molar-refractivity contribution in [3.05, 3.63) is 42.6 Å². The molecule has 0 fully saturated rings. The molecule has 0 amide bonds. The van der Waals surface area contributed by atoms with Gasteiger partial charge in [0.2, 0.25) is 0 Å². The van der Waals surface area contributed by atoms with Gasteiger partial charge in [-0.2, -0.15) is 0 Å². The van der Waals surface area contributed by atoms with Crippen molar-refractivity contribution >= 4 is 17.2 Å². The topological polar surface area (TPSA) is 51.4 Å². The number of rotatable bonds is 3. The number of hydrogen-bond donors (Lipinski definition) is 1. The molecule has 0 aliphatic heterocycles. The summed E-state index contributed by atoms with van der Waals surface area (Å²) in [6.07, 6.45) is 1.70. The van der Waals surface area contributed by atoms with Gasteiger partial charge in [0.25, 0.3) is 0 Å². The lowest BCUT2D eigenvalue weighted by molar-refractivity contribution is 0.415. The Balaban J connectivity index is 2.27. The molecule has 0 aliphatic rings. The van der Waals surface area contributed by atoms with Crippen molar-refractivity contribution in [2.75, 3.05) is 24.8 Å². The molecule has 2 N–H and O–H groups in total. The second-order valence-corrected chi connectivity index (χ2v) is 3.70. The lowest BCUT2D eigenvalue weighted by atomic mass is 10.2. The van der Waals surface area contributed by atoms with Crippen molar-refractivity contribution in [3.63, 3.8) is 0 Å². The minimum Gasteiger partial charge on any atom is -0.497 e. The predicted octanol–water partition coefficient (Wildman–Crippen LogP) is 2.44. The largest absolute Gasteiger partial charge is 0.497 e. The van der Waals surface area contributed by atoms with Gasteiger partial charge in [-0.05, 0) is 30.3 Å². The molecular weight excluding hydrogens is 214 g/mol. The van der Waals surface area contributed by atoms with Gasteiger partial charge in [-0.15, -0.1) is 0 Å². The van der Waals surface area contributed by atoms with Crippen LogP contribution in [-0.4, -0.2) is 19.1 Å². The summed E-state index contributed by atoms with van der Waals surface area (Å²) >= 11 is 0. The number of nitrogens with two attached hydrogens (primary N) is 1. The second kappa shape index (κ2) is 4.74. The molecule has 4 heteroatoms. The van der Waals surface area contributed by atoms with Crippen LogP contribution in [0.15, 0.2) is 42.6 Å². The summed E-state index contributed by atoms with van der Waals surface area (Å²) < 4.78 is 5.12. The number of ether oxygens (including phenoxy) is 1. The van der Waals surface area contributed by atoms with Gasteiger partial charge in [0.05, 0.1) is 7.11 Å². The Morgan fingerprint density at radius 1 is 1.18 bits per heavy atom. The van der Waals surface area contributed by atoms with Crippen LogP contribution in [0, 0.1) is 0 Å². The number of nitrogens with zero attached hydrogens (tertiary/aromatic N) is 2. The van der Waals surface area contributed by atoms with Crippen molar-refractivity contribution in [2.24, 2.45) is 0 Å². The monoisotopic (exact) mass is 229 g/mol. The van der Waals surface area contributed by atoms with Gasteiger partial charge >= 0.3 is 0 Å². The molecule has 0 aliphatic carbocycles.